The number of methoxy groups -OCH3 is 2. The monoisotopic (exact) mass is 288 g/mol. The van der Waals surface area contributed by atoms with E-state index in [2.05, 4.69) is 0 Å². The lowest BCUT2D eigenvalue weighted by Crippen LogP contribution is -1.93. The van der Waals surface area contributed by atoms with Gasteiger partial charge in [-0.05, 0) is 30.2 Å². The molecule has 0 aliphatic carbocycles. The number of allylic oxidation sites excluding steroid dienone is 1. The second-order valence-corrected chi connectivity index (χ2v) is 4.50. The van der Waals surface area contributed by atoms with Crippen LogP contribution in [0.3, 0.4) is 0 Å². The maximum absolute atomic E-state index is 13.1. The van der Waals surface area contributed by atoms with E-state index in [1.807, 2.05) is 12.1 Å². The molecule has 0 atom stereocenters. The Balaban J connectivity index is 2.16. The standard InChI is InChI=1S/C17H17FO3/c1-20-16-10-13(15(19)11-17(16)21-2)7-3-5-12-6-4-8-14(18)9-12/h3-6,8-11,19H,7H2,1-2H3/b5-3+. The number of rotatable bonds is 5. The Bertz CT molecular complexity index is 650. The van der Waals surface area contributed by atoms with Crippen LogP contribution in [-0.2, 0) is 6.42 Å². The minimum Gasteiger partial charge on any atom is -0.508 e. The normalized spacial score (nSPS) is 10.8. The van der Waals surface area contributed by atoms with Crippen LogP contribution >= 0.6 is 0 Å². The zero-order valence-corrected chi connectivity index (χ0v) is 12.0. The molecule has 1 N–H and O–H groups in total. The van der Waals surface area contributed by atoms with Crippen LogP contribution in [0.25, 0.3) is 6.08 Å². The van der Waals surface area contributed by atoms with Crippen molar-refractivity contribution in [2.45, 2.75) is 6.42 Å². The Morgan fingerprint density at radius 3 is 2.48 bits per heavy atom. The number of ether oxygens (including phenoxy) is 2. The van der Waals surface area contributed by atoms with Gasteiger partial charge in [0.05, 0.1) is 14.2 Å². The van der Waals surface area contributed by atoms with Crippen molar-refractivity contribution in [3.05, 3.63) is 59.4 Å². The van der Waals surface area contributed by atoms with E-state index in [9.17, 15) is 9.50 Å². The molecule has 4 heteroatoms. The minimum atomic E-state index is -0.272. The van der Waals surface area contributed by atoms with Crippen molar-refractivity contribution in [1.82, 2.24) is 0 Å². The first-order valence-electron chi connectivity index (χ1n) is 6.50. The first-order valence-corrected chi connectivity index (χ1v) is 6.50. The highest BCUT2D eigenvalue weighted by atomic mass is 19.1. The Labute approximate surface area is 123 Å². The number of aromatic hydroxyl groups is 1. The van der Waals surface area contributed by atoms with Crippen molar-refractivity contribution >= 4 is 6.08 Å². The number of hydrogen-bond acceptors (Lipinski definition) is 3. The second kappa shape index (κ2) is 6.79. The molecule has 2 rings (SSSR count). The van der Waals surface area contributed by atoms with Crippen LogP contribution in [0.2, 0.25) is 0 Å². The van der Waals surface area contributed by atoms with Gasteiger partial charge < -0.3 is 14.6 Å². The van der Waals surface area contributed by atoms with Gasteiger partial charge >= 0.3 is 0 Å². The highest BCUT2D eigenvalue weighted by Crippen LogP contribution is 2.34. The van der Waals surface area contributed by atoms with Gasteiger partial charge in [0, 0.05) is 11.6 Å². The Morgan fingerprint density at radius 2 is 1.81 bits per heavy atom. The lowest BCUT2D eigenvalue weighted by molar-refractivity contribution is 0.350. The number of halogens is 1. The van der Waals surface area contributed by atoms with Gasteiger partial charge in [-0.3, -0.25) is 0 Å². The van der Waals surface area contributed by atoms with Gasteiger partial charge in [0.1, 0.15) is 11.6 Å². The molecule has 21 heavy (non-hydrogen) atoms. The highest BCUT2D eigenvalue weighted by molar-refractivity contribution is 5.53. The van der Waals surface area contributed by atoms with E-state index in [1.165, 1.54) is 25.3 Å². The molecule has 0 aromatic heterocycles. The average molecular weight is 288 g/mol. The van der Waals surface area contributed by atoms with Gasteiger partial charge in [0.25, 0.3) is 0 Å². The van der Waals surface area contributed by atoms with Crippen LogP contribution in [-0.4, -0.2) is 19.3 Å². The third kappa shape index (κ3) is 3.75. The number of phenols is 1. The molecule has 110 valence electrons. The topological polar surface area (TPSA) is 38.7 Å². The fourth-order valence-electron chi connectivity index (χ4n) is 2.01. The molecular formula is C17H17FO3. The summed E-state index contributed by atoms with van der Waals surface area (Å²) in [7, 11) is 3.06. The molecule has 0 saturated heterocycles. The van der Waals surface area contributed by atoms with E-state index in [4.69, 9.17) is 9.47 Å². The Kier molecular flexibility index (Phi) is 4.82. The molecule has 3 nitrogen and oxygen atoms in total. The van der Waals surface area contributed by atoms with Gasteiger partial charge in [0.15, 0.2) is 11.5 Å². The summed E-state index contributed by atoms with van der Waals surface area (Å²) in [5.74, 6) is 0.903. The molecule has 0 spiro atoms. The summed E-state index contributed by atoms with van der Waals surface area (Å²) in [4.78, 5) is 0. The van der Waals surface area contributed by atoms with Crippen LogP contribution in [0.1, 0.15) is 11.1 Å². The lowest BCUT2D eigenvalue weighted by Gasteiger charge is -2.10. The summed E-state index contributed by atoms with van der Waals surface area (Å²) in [6, 6.07) is 9.56. The predicted octanol–water partition coefficient (Wildman–Crippen LogP) is 3.80. The van der Waals surface area contributed by atoms with Crippen molar-refractivity contribution in [3.8, 4) is 17.2 Å². The van der Waals surface area contributed by atoms with E-state index in [0.29, 0.717) is 23.5 Å². The summed E-state index contributed by atoms with van der Waals surface area (Å²) in [5, 5.41) is 9.95. The van der Waals surface area contributed by atoms with Crippen molar-refractivity contribution in [3.63, 3.8) is 0 Å². The largest absolute Gasteiger partial charge is 0.508 e. The molecule has 0 amide bonds. The van der Waals surface area contributed by atoms with Crippen molar-refractivity contribution < 1.29 is 19.0 Å². The van der Waals surface area contributed by atoms with Gasteiger partial charge in [-0.2, -0.15) is 0 Å². The van der Waals surface area contributed by atoms with Crippen molar-refractivity contribution in [2.75, 3.05) is 14.2 Å². The first-order chi connectivity index (χ1) is 10.1. The maximum Gasteiger partial charge on any atom is 0.164 e. The molecule has 0 unspecified atom stereocenters. The molecular weight excluding hydrogens is 271 g/mol. The van der Waals surface area contributed by atoms with Gasteiger partial charge in [-0.15, -0.1) is 0 Å². The molecule has 2 aromatic carbocycles. The number of phenolic OH excluding ortho intramolecular Hbond substituents is 1. The molecule has 0 radical (unpaired) electrons. The van der Waals surface area contributed by atoms with Crippen molar-refractivity contribution in [1.29, 1.82) is 0 Å². The Hall–Kier alpha value is -2.49. The maximum atomic E-state index is 13.1. The zero-order chi connectivity index (χ0) is 15.2. The third-order valence-corrected chi connectivity index (χ3v) is 3.08. The average Bonchev–Trinajstić information content (AvgIpc) is 2.48. The fraction of sp³-hybridized carbons (Fsp3) is 0.176. The predicted molar refractivity (Wildman–Crippen MR) is 80.3 cm³/mol. The summed E-state index contributed by atoms with van der Waals surface area (Å²) < 4.78 is 23.4. The molecule has 0 fully saturated rings. The highest BCUT2D eigenvalue weighted by Gasteiger charge is 2.09. The molecule has 0 saturated carbocycles. The smallest absolute Gasteiger partial charge is 0.164 e. The van der Waals surface area contributed by atoms with Gasteiger partial charge in [0.2, 0.25) is 0 Å². The van der Waals surface area contributed by atoms with E-state index in [1.54, 1.807) is 25.3 Å². The number of hydrogen-bond donors (Lipinski definition) is 1. The summed E-state index contributed by atoms with van der Waals surface area (Å²) >= 11 is 0. The molecule has 0 aliphatic rings. The molecule has 0 aliphatic heterocycles. The van der Waals surface area contributed by atoms with Gasteiger partial charge in [-0.1, -0.05) is 24.3 Å². The van der Waals surface area contributed by atoms with E-state index < -0.39 is 0 Å². The minimum absolute atomic E-state index is 0.136. The quantitative estimate of drug-likeness (QED) is 0.909. The second-order valence-electron chi connectivity index (χ2n) is 4.50. The van der Waals surface area contributed by atoms with E-state index in [-0.39, 0.29) is 11.6 Å². The summed E-state index contributed by atoms with van der Waals surface area (Å²) in [5.41, 5.74) is 1.48. The molecule has 0 bridgehead atoms. The van der Waals surface area contributed by atoms with Crippen LogP contribution in [0.4, 0.5) is 4.39 Å². The SMILES string of the molecule is COc1cc(O)c(C/C=C/c2cccc(F)c2)cc1OC. The lowest BCUT2D eigenvalue weighted by atomic mass is 10.1. The fourth-order valence-corrected chi connectivity index (χ4v) is 2.01. The Morgan fingerprint density at radius 1 is 1.10 bits per heavy atom. The summed E-state index contributed by atoms with van der Waals surface area (Å²) in [6.45, 7) is 0. The van der Waals surface area contributed by atoms with Crippen molar-refractivity contribution in [2.24, 2.45) is 0 Å². The van der Waals surface area contributed by atoms with E-state index >= 15 is 0 Å². The third-order valence-electron chi connectivity index (χ3n) is 3.08. The van der Waals surface area contributed by atoms with Crippen LogP contribution in [0.5, 0.6) is 17.2 Å². The van der Waals surface area contributed by atoms with Crippen LogP contribution in [0, 0.1) is 5.82 Å². The van der Waals surface area contributed by atoms with Gasteiger partial charge in [-0.25, -0.2) is 4.39 Å². The first kappa shape index (κ1) is 14.9. The van der Waals surface area contributed by atoms with Crippen LogP contribution < -0.4 is 9.47 Å². The number of benzene rings is 2. The molecule has 0 heterocycles. The summed E-state index contributed by atoms with van der Waals surface area (Å²) in [6.07, 6.45) is 4.16. The van der Waals surface area contributed by atoms with E-state index in [0.717, 1.165) is 5.56 Å². The molecule has 2 aromatic rings. The zero-order valence-electron chi connectivity index (χ0n) is 12.0. The van der Waals surface area contributed by atoms with Crippen LogP contribution in [0.15, 0.2) is 42.5 Å².